The molecule has 0 heterocycles. The summed E-state index contributed by atoms with van der Waals surface area (Å²) in [5.41, 5.74) is 6.16. The molecular formula is C8H17N. The van der Waals surface area contributed by atoms with Crippen LogP contribution < -0.4 is 5.73 Å². The van der Waals surface area contributed by atoms with Gasteiger partial charge in [0.05, 0.1) is 0 Å². The molecule has 54 valence electrons. The van der Waals surface area contributed by atoms with Crippen LogP contribution in [0.15, 0.2) is 0 Å². The maximum atomic E-state index is 6.02. The first-order valence-electron chi connectivity index (χ1n) is 3.92. The fourth-order valence-electron chi connectivity index (χ4n) is 1.53. The van der Waals surface area contributed by atoms with Gasteiger partial charge in [-0.05, 0) is 25.7 Å². The number of hydrogen-bond donors (Lipinski definition) is 1. The van der Waals surface area contributed by atoms with Gasteiger partial charge in [0.15, 0.2) is 0 Å². The van der Waals surface area contributed by atoms with Crippen molar-refractivity contribution >= 4 is 0 Å². The van der Waals surface area contributed by atoms with Gasteiger partial charge in [-0.3, -0.25) is 0 Å². The summed E-state index contributed by atoms with van der Waals surface area (Å²) >= 11 is 0. The Labute approximate surface area is 57.6 Å². The van der Waals surface area contributed by atoms with Crippen LogP contribution in [0.25, 0.3) is 0 Å². The average Bonchev–Trinajstić information content (AvgIpc) is 1.77. The molecule has 1 heteroatoms. The van der Waals surface area contributed by atoms with Gasteiger partial charge in [-0.15, -0.1) is 0 Å². The van der Waals surface area contributed by atoms with Gasteiger partial charge in [0.2, 0.25) is 0 Å². The van der Waals surface area contributed by atoms with Crippen LogP contribution in [-0.4, -0.2) is 5.54 Å². The fraction of sp³-hybridized carbons (Fsp3) is 1.00. The second-order valence-electron chi connectivity index (χ2n) is 3.65. The molecular weight excluding hydrogens is 110 g/mol. The third-order valence-corrected chi connectivity index (χ3v) is 2.73. The van der Waals surface area contributed by atoms with Crippen LogP contribution in [0.2, 0.25) is 0 Å². The third kappa shape index (κ3) is 1.45. The molecule has 1 saturated carbocycles. The largest absolute Gasteiger partial charge is 0.325 e. The lowest BCUT2D eigenvalue weighted by Crippen LogP contribution is -2.44. The van der Waals surface area contributed by atoms with Crippen LogP contribution in [-0.2, 0) is 0 Å². The molecule has 0 spiro atoms. The van der Waals surface area contributed by atoms with E-state index in [0.29, 0.717) is 0 Å². The average molecular weight is 127 g/mol. The summed E-state index contributed by atoms with van der Waals surface area (Å²) in [7, 11) is 0. The zero-order valence-corrected chi connectivity index (χ0v) is 6.48. The summed E-state index contributed by atoms with van der Waals surface area (Å²) in [5.74, 6) is 0.728. The molecule has 1 aliphatic carbocycles. The minimum absolute atomic E-state index is 0.137. The van der Waals surface area contributed by atoms with Crippen LogP contribution in [0.1, 0.15) is 39.5 Å². The predicted octanol–water partition coefficient (Wildman–Crippen LogP) is 1.91. The van der Waals surface area contributed by atoms with E-state index in [1.807, 2.05) is 0 Å². The molecule has 0 saturated heterocycles. The van der Waals surface area contributed by atoms with Crippen LogP contribution in [0.4, 0.5) is 0 Å². The van der Waals surface area contributed by atoms with Crippen molar-refractivity contribution in [1.29, 1.82) is 0 Å². The second-order valence-corrected chi connectivity index (χ2v) is 3.65. The second kappa shape index (κ2) is 2.30. The Morgan fingerprint density at radius 1 is 1.44 bits per heavy atom. The lowest BCUT2D eigenvalue weighted by Gasteiger charge is -2.35. The zero-order chi connectivity index (χ0) is 6.91. The molecule has 0 aromatic rings. The Kier molecular flexibility index (Phi) is 1.80. The van der Waals surface area contributed by atoms with Gasteiger partial charge in [-0.1, -0.05) is 19.8 Å². The molecule has 1 rings (SSSR count). The molecule has 0 aromatic carbocycles. The van der Waals surface area contributed by atoms with E-state index < -0.39 is 0 Å². The molecule has 1 nitrogen and oxygen atoms in total. The maximum absolute atomic E-state index is 6.02. The number of hydrogen-bond acceptors (Lipinski definition) is 1. The van der Waals surface area contributed by atoms with Crippen molar-refractivity contribution < 1.29 is 0 Å². The first-order valence-corrected chi connectivity index (χ1v) is 3.92. The zero-order valence-electron chi connectivity index (χ0n) is 6.48. The van der Waals surface area contributed by atoms with E-state index in [2.05, 4.69) is 13.8 Å². The van der Waals surface area contributed by atoms with E-state index in [-0.39, 0.29) is 5.54 Å². The summed E-state index contributed by atoms with van der Waals surface area (Å²) in [5, 5.41) is 0. The van der Waals surface area contributed by atoms with E-state index in [1.54, 1.807) is 0 Å². The number of nitrogens with two attached hydrogens (primary N) is 1. The van der Waals surface area contributed by atoms with E-state index in [4.69, 9.17) is 5.73 Å². The van der Waals surface area contributed by atoms with Gasteiger partial charge in [0.25, 0.3) is 0 Å². The lowest BCUT2D eigenvalue weighted by atomic mass is 9.76. The minimum Gasteiger partial charge on any atom is -0.325 e. The minimum atomic E-state index is 0.137. The van der Waals surface area contributed by atoms with E-state index in [9.17, 15) is 0 Å². The molecule has 1 unspecified atom stereocenters. The van der Waals surface area contributed by atoms with Crippen molar-refractivity contribution in [2.45, 2.75) is 45.1 Å². The van der Waals surface area contributed by atoms with Gasteiger partial charge in [0, 0.05) is 5.54 Å². The molecule has 9 heavy (non-hydrogen) atoms. The Bertz CT molecular complexity index is 96.7. The molecule has 0 radical (unpaired) electrons. The highest BCUT2D eigenvalue weighted by Gasteiger charge is 2.28. The fourth-order valence-corrected chi connectivity index (χ4v) is 1.53. The van der Waals surface area contributed by atoms with E-state index in [1.165, 1.54) is 25.7 Å². The molecule has 1 fully saturated rings. The predicted molar refractivity (Wildman–Crippen MR) is 40.2 cm³/mol. The van der Waals surface area contributed by atoms with Crippen molar-refractivity contribution in [2.75, 3.05) is 0 Å². The number of rotatable bonds is 0. The van der Waals surface area contributed by atoms with Gasteiger partial charge in [-0.2, -0.15) is 0 Å². The van der Waals surface area contributed by atoms with Crippen LogP contribution in [0, 0.1) is 5.92 Å². The molecule has 2 atom stereocenters. The molecule has 2 N–H and O–H groups in total. The third-order valence-electron chi connectivity index (χ3n) is 2.73. The van der Waals surface area contributed by atoms with Gasteiger partial charge >= 0.3 is 0 Å². The monoisotopic (exact) mass is 127 g/mol. The topological polar surface area (TPSA) is 26.0 Å². The van der Waals surface area contributed by atoms with Gasteiger partial charge in [-0.25, -0.2) is 0 Å². The SMILES string of the molecule is C[C@@H]1CCCCC1(C)N. The van der Waals surface area contributed by atoms with Gasteiger partial charge in [0.1, 0.15) is 0 Å². The van der Waals surface area contributed by atoms with Crippen LogP contribution >= 0.6 is 0 Å². The summed E-state index contributed by atoms with van der Waals surface area (Å²) < 4.78 is 0. The molecule has 1 aliphatic rings. The van der Waals surface area contributed by atoms with Crippen molar-refractivity contribution in [3.63, 3.8) is 0 Å². The quantitative estimate of drug-likeness (QED) is 0.528. The van der Waals surface area contributed by atoms with Crippen molar-refractivity contribution in [2.24, 2.45) is 11.7 Å². The Balaban J connectivity index is 2.49. The van der Waals surface area contributed by atoms with Crippen LogP contribution in [0.5, 0.6) is 0 Å². The molecule has 0 aliphatic heterocycles. The first-order chi connectivity index (χ1) is 4.13. The lowest BCUT2D eigenvalue weighted by molar-refractivity contribution is 0.226. The van der Waals surface area contributed by atoms with Crippen molar-refractivity contribution in [3.8, 4) is 0 Å². The first kappa shape index (κ1) is 7.07. The van der Waals surface area contributed by atoms with Gasteiger partial charge < -0.3 is 5.73 Å². The highest BCUT2D eigenvalue weighted by Crippen LogP contribution is 2.30. The van der Waals surface area contributed by atoms with E-state index in [0.717, 1.165) is 5.92 Å². The summed E-state index contributed by atoms with van der Waals surface area (Å²) in [4.78, 5) is 0. The normalized spacial score (nSPS) is 45.0. The molecule has 0 amide bonds. The molecule has 0 bridgehead atoms. The van der Waals surface area contributed by atoms with Crippen LogP contribution in [0.3, 0.4) is 0 Å². The smallest absolute Gasteiger partial charge is 0.0151 e. The Hall–Kier alpha value is -0.0400. The van der Waals surface area contributed by atoms with E-state index >= 15 is 0 Å². The highest BCUT2D eigenvalue weighted by atomic mass is 14.7. The summed E-state index contributed by atoms with van der Waals surface area (Å²) in [6, 6.07) is 0. The highest BCUT2D eigenvalue weighted by molar-refractivity contribution is 4.87. The standard InChI is InChI=1S/C8H17N/c1-7-5-3-4-6-8(7,2)9/h7H,3-6,9H2,1-2H3/t7-,8?/m1/s1. The van der Waals surface area contributed by atoms with Crippen molar-refractivity contribution in [1.82, 2.24) is 0 Å². The molecule has 0 aromatic heterocycles. The Morgan fingerprint density at radius 2 is 2.11 bits per heavy atom. The maximum Gasteiger partial charge on any atom is 0.0151 e. The summed E-state index contributed by atoms with van der Waals surface area (Å²) in [6.07, 6.45) is 5.26. The van der Waals surface area contributed by atoms with Crippen molar-refractivity contribution in [3.05, 3.63) is 0 Å². The summed E-state index contributed by atoms with van der Waals surface area (Å²) in [6.45, 7) is 4.44. The Morgan fingerprint density at radius 3 is 2.44 bits per heavy atom.